The van der Waals surface area contributed by atoms with Crippen molar-refractivity contribution in [3.05, 3.63) is 35.9 Å². The lowest BCUT2D eigenvalue weighted by Crippen LogP contribution is -2.62. The molecule has 0 amide bonds. The first-order valence-corrected chi connectivity index (χ1v) is 8.21. The number of ether oxygens (including phenoxy) is 5. The van der Waals surface area contributed by atoms with Crippen LogP contribution in [0.2, 0.25) is 0 Å². The fraction of sp³-hybridized carbons (Fsp3) is 0.611. The Labute approximate surface area is 142 Å². The van der Waals surface area contributed by atoms with Crippen LogP contribution in [0.15, 0.2) is 30.3 Å². The fourth-order valence-corrected chi connectivity index (χ4v) is 3.04. The number of hydrogen-bond acceptors (Lipinski definition) is 6. The zero-order chi connectivity index (χ0) is 17.2. The standard InChI is InChI=1S/C18H24O6/c1-12(19)23-15-10-20-14-11-22-18(2,3)24-17(14)16(15)21-9-13-7-5-4-6-8-13/h4-8,14-17H,9-11H2,1-3H3/t14?,15?,16-,17+/m1/s1. The second-order valence-corrected chi connectivity index (χ2v) is 6.57. The van der Waals surface area contributed by atoms with Gasteiger partial charge in [0.1, 0.15) is 18.3 Å². The lowest BCUT2D eigenvalue weighted by molar-refractivity contribution is -0.352. The monoisotopic (exact) mass is 336 g/mol. The number of carbonyl (C=O) groups excluding carboxylic acids is 1. The molecule has 6 heteroatoms. The fourth-order valence-electron chi connectivity index (χ4n) is 3.04. The number of fused-ring (bicyclic) bond motifs is 1. The summed E-state index contributed by atoms with van der Waals surface area (Å²) < 4.78 is 28.9. The summed E-state index contributed by atoms with van der Waals surface area (Å²) >= 11 is 0. The average molecular weight is 336 g/mol. The first kappa shape index (κ1) is 17.4. The van der Waals surface area contributed by atoms with Crippen LogP contribution in [0.1, 0.15) is 26.3 Å². The van der Waals surface area contributed by atoms with Crippen molar-refractivity contribution in [1.29, 1.82) is 0 Å². The second kappa shape index (κ2) is 7.19. The van der Waals surface area contributed by atoms with Crippen LogP contribution in [0.4, 0.5) is 0 Å². The van der Waals surface area contributed by atoms with E-state index < -0.39 is 18.0 Å². The molecule has 0 radical (unpaired) electrons. The van der Waals surface area contributed by atoms with Crippen LogP contribution in [0.5, 0.6) is 0 Å². The van der Waals surface area contributed by atoms with Crippen molar-refractivity contribution in [3.8, 4) is 0 Å². The highest BCUT2D eigenvalue weighted by atomic mass is 16.7. The van der Waals surface area contributed by atoms with Crippen LogP contribution in [0.25, 0.3) is 0 Å². The van der Waals surface area contributed by atoms with Crippen LogP contribution in [-0.2, 0) is 35.1 Å². The molecule has 0 bridgehead atoms. The van der Waals surface area contributed by atoms with E-state index in [2.05, 4.69) is 0 Å². The van der Waals surface area contributed by atoms with Crippen molar-refractivity contribution >= 4 is 5.97 Å². The van der Waals surface area contributed by atoms with Crippen molar-refractivity contribution in [2.75, 3.05) is 13.2 Å². The molecule has 0 spiro atoms. The van der Waals surface area contributed by atoms with Crippen LogP contribution < -0.4 is 0 Å². The molecule has 2 heterocycles. The molecular formula is C18H24O6. The average Bonchev–Trinajstić information content (AvgIpc) is 2.53. The normalized spacial score (nSPS) is 32.0. The van der Waals surface area contributed by atoms with E-state index in [9.17, 15) is 4.79 Å². The summed E-state index contributed by atoms with van der Waals surface area (Å²) in [5, 5.41) is 0. The summed E-state index contributed by atoms with van der Waals surface area (Å²) in [4.78, 5) is 11.4. The van der Waals surface area contributed by atoms with Gasteiger partial charge in [-0.3, -0.25) is 4.79 Å². The molecule has 2 aliphatic rings. The first-order valence-electron chi connectivity index (χ1n) is 8.21. The molecule has 3 rings (SSSR count). The van der Waals surface area contributed by atoms with Crippen molar-refractivity contribution in [2.45, 2.75) is 57.6 Å². The highest BCUT2D eigenvalue weighted by Crippen LogP contribution is 2.32. The van der Waals surface area contributed by atoms with Crippen LogP contribution in [0, 0.1) is 0 Å². The van der Waals surface area contributed by atoms with Crippen LogP contribution in [0.3, 0.4) is 0 Å². The predicted molar refractivity (Wildman–Crippen MR) is 85.2 cm³/mol. The summed E-state index contributed by atoms with van der Waals surface area (Å²) in [6.07, 6.45) is -1.49. The molecule has 2 saturated heterocycles. The van der Waals surface area contributed by atoms with E-state index >= 15 is 0 Å². The Bertz CT molecular complexity index is 558. The van der Waals surface area contributed by atoms with Crippen molar-refractivity contribution in [1.82, 2.24) is 0 Å². The van der Waals surface area contributed by atoms with Gasteiger partial charge in [0.25, 0.3) is 0 Å². The van der Waals surface area contributed by atoms with Gasteiger partial charge in [-0.1, -0.05) is 30.3 Å². The molecule has 132 valence electrons. The molecular weight excluding hydrogens is 312 g/mol. The smallest absolute Gasteiger partial charge is 0.303 e. The van der Waals surface area contributed by atoms with Gasteiger partial charge < -0.3 is 23.7 Å². The summed E-state index contributed by atoms with van der Waals surface area (Å²) in [5.41, 5.74) is 1.05. The third-order valence-electron chi connectivity index (χ3n) is 4.15. The summed E-state index contributed by atoms with van der Waals surface area (Å²) in [7, 11) is 0. The minimum Gasteiger partial charge on any atom is -0.457 e. The SMILES string of the molecule is CC(=O)OC1COC2COC(C)(C)O[C@@H]2[C@@H]1OCc1ccccc1. The molecule has 2 fully saturated rings. The van der Waals surface area contributed by atoms with Gasteiger partial charge in [0.05, 0.1) is 19.8 Å². The van der Waals surface area contributed by atoms with Gasteiger partial charge in [0.2, 0.25) is 0 Å². The van der Waals surface area contributed by atoms with Gasteiger partial charge in [-0.25, -0.2) is 0 Å². The minimum absolute atomic E-state index is 0.231. The molecule has 6 nitrogen and oxygen atoms in total. The van der Waals surface area contributed by atoms with Crippen LogP contribution in [-0.4, -0.2) is 49.4 Å². The Balaban J connectivity index is 1.75. The molecule has 2 aliphatic heterocycles. The maximum absolute atomic E-state index is 11.4. The highest BCUT2D eigenvalue weighted by molar-refractivity contribution is 5.66. The van der Waals surface area contributed by atoms with E-state index in [0.29, 0.717) is 13.2 Å². The Morgan fingerprint density at radius 1 is 1.25 bits per heavy atom. The van der Waals surface area contributed by atoms with Crippen molar-refractivity contribution in [2.24, 2.45) is 0 Å². The lowest BCUT2D eigenvalue weighted by atomic mass is 9.98. The number of benzene rings is 1. The quantitative estimate of drug-likeness (QED) is 0.784. The highest BCUT2D eigenvalue weighted by Gasteiger charge is 2.49. The van der Waals surface area contributed by atoms with E-state index in [4.69, 9.17) is 23.7 Å². The summed E-state index contributed by atoms with van der Waals surface area (Å²) in [6.45, 7) is 6.20. The van der Waals surface area contributed by atoms with Gasteiger partial charge in [-0.2, -0.15) is 0 Å². The number of rotatable bonds is 4. The topological polar surface area (TPSA) is 63.2 Å². The summed E-state index contributed by atoms with van der Waals surface area (Å²) in [5.74, 6) is -1.08. The third-order valence-corrected chi connectivity index (χ3v) is 4.15. The third kappa shape index (κ3) is 4.13. The molecule has 2 unspecified atom stereocenters. The number of hydrogen-bond donors (Lipinski definition) is 0. The Kier molecular flexibility index (Phi) is 5.20. The van der Waals surface area contributed by atoms with Crippen LogP contribution >= 0.6 is 0 Å². The first-order chi connectivity index (χ1) is 11.4. The molecule has 0 aromatic heterocycles. The maximum Gasteiger partial charge on any atom is 0.303 e. The molecule has 1 aromatic carbocycles. The van der Waals surface area contributed by atoms with Crippen molar-refractivity contribution < 1.29 is 28.5 Å². The van der Waals surface area contributed by atoms with E-state index in [0.717, 1.165) is 5.56 Å². The zero-order valence-corrected chi connectivity index (χ0v) is 14.3. The molecule has 0 aliphatic carbocycles. The molecule has 0 N–H and O–H groups in total. The van der Waals surface area contributed by atoms with E-state index in [1.807, 2.05) is 44.2 Å². The van der Waals surface area contributed by atoms with Gasteiger partial charge in [0, 0.05) is 6.92 Å². The molecule has 24 heavy (non-hydrogen) atoms. The molecule has 4 atom stereocenters. The largest absolute Gasteiger partial charge is 0.457 e. The van der Waals surface area contributed by atoms with Gasteiger partial charge in [-0.05, 0) is 19.4 Å². The molecule has 0 saturated carbocycles. The predicted octanol–water partition coefficient (Wildman–Crippen LogP) is 2.05. The minimum atomic E-state index is -0.725. The number of carbonyl (C=O) groups is 1. The van der Waals surface area contributed by atoms with Crippen molar-refractivity contribution in [3.63, 3.8) is 0 Å². The Hall–Kier alpha value is -1.47. The second-order valence-electron chi connectivity index (χ2n) is 6.57. The van der Waals surface area contributed by atoms with E-state index in [1.165, 1.54) is 6.92 Å². The van der Waals surface area contributed by atoms with E-state index in [1.54, 1.807) is 0 Å². The zero-order valence-electron chi connectivity index (χ0n) is 14.3. The van der Waals surface area contributed by atoms with E-state index in [-0.39, 0.29) is 24.8 Å². The maximum atomic E-state index is 11.4. The Morgan fingerprint density at radius 3 is 2.71 bits per heavy atom. The molecule has 1 aromatic rings. The lowest BCUT2D eigenvalue weighted by Gasteiger charge is -2.48. The summed E-state index contributed by atoms with van der Waals surface area (Å²) in [6, 6.07) is 9.87. The van der Waals surface area contributed by atoms with Gasteiger partial charge in [-0.15, -0.1) is 0 Å². The Morgan fingerprint density at radius 2 is 2.00 bits per heavy atom. The van der Waals surface area contributed by atoms with Gasteiger partial charge in [0.15, 0.2) is 11.9 Å². The van der Waals surface area contributed by atoms with Gasteiger partial charge >= 0.3 is 5.97 Å². The number of esters is 1.